The molecule has 3 nitrogen and oxygen atoms in total. The van der Waals surface area contributed by atoms with Gasteiger partial charge >= 0.3 is 0 Å². The van der Waals surface area contributed by atoms with Crippen molar-refractivity contribution in [1.82, 2.24) is 0 Å². The van der Waals surface area contributed by atoms with Crippen molar-refractivity contribution < 1.29 is 4.79 Å². The molecule has 104 valence electrons. The molecular formula is C16H24N2O. The highest BCUT2D eigenvalue weighted by Gasteiger charge is 2.31. The Morgan fingerprint density at radius 3 is 2.42 bits per heavy atom. The lowest BCUT2D eigenvalue weighted by Crippen LogP contribution is -2.47. The van der Waals surface area contributed by atoms with E-state index in [0.29, 0.717) is 13.0 Å². The second-order valence-corrected chi connectivity index (χ2v) is 5.57. The number of amides is 1. The van der Waals surface area contributed by atoms with Crippen LogP contribution in [0.4, 0.5) is 5.69 Å². The molecule has 1 aliphatic carbocycles. The van der Waals surface area contributed by atoms with Crippen LogP contribution in [0.5, 0.6) is 0 Å². The Kier molecular flexibility index (Phi) is 4.59. The molecule has 1 aliphatic rings. The lowest BCUT2D eigenvalue weighted by molar-refractivity contribution is -0.120. The second kappa shape index (κ2) is 6.20. The first-order valence-electron chi connectivity index (χ1n) is 7.29. The quantitative estimate of drug-likeness (QED) is 0.904. The molecule has 1 amide bonds. The van der Waals surface area contributed by atoms with Gasteiger partial charge in [0.05, 0.1) is 0 Å². The smallest absolute Gasteiger partial charge is 0.228 e. The van der Waals surface area contributed by atoms with E-state index in [0.717, 1.165) is 31.4 Å². The van der Waals surface area contributed by atoms with Crippen LogP contribution in [0.15, 0.2) is 30.3 Å². The van der Waals surface area contributed by atoms with E-state index in [1.165, 1.54) is 6.42 Å². The third kappa shape index (κ3) is 3.57. The number of carbonyl (C=O) groups is 1. The highest BCUT2D eigenvalue weighted by atomic mass is 16.2. The summed E-state index contributed by atoms with van der Waals surface area (Å²) in [4.78, 5) is 14.3. The topological polar surface area (TPSA) is 46.3 Å². The maximum absolute atomic E-state index is 12.5. The Morgan fingerprint density at radius 2 is 1.84 bits per heavy atom. The summed E-state index contributed by atoms with van der Waals surface area (Å²) in [7, 11) is 0. The number of carbonyl (C=O) groups excluding carboxylic acids is 1. The molecule has 0 aliphatic heterocycles. The van der Waals surface area contributed by atoms with E-state index in [-0.39, 0.29) is 11.4 Å². The summed E-state index contributed by atoms with van der Waals surface area (Å²) in [5, 5.41) is 0. The Bertz CT molecular complexity index is 410. The highest BCUT2D eigenvalue weighted by molar-refractivity contribution is 5.93. The number of para-hydroxylation sites is 1. The molecule has 0 aromatic heterocycles. The van der Waals surface area contributed by atoms with E-state index >= 15 is 0 Å². The van der Waals surface area contributed by atoms with Crippen molar-refractivity contribution in [3.05, 3.63) is 30.3 Å². The van der Waals surface area contributed by atoms with Crippen LogP contribution in [0, 0.1) is 0 Å². The Hall–Kier alpha value is -1.35. The highest BCUT2D eigenvalue weighted by Crippen LogP contribution is 2.29. The van der Waals surface area contributed by atoms with Gasteiger partial charge in [-0.2, -0.15) is 0 Å². The second-order valence-electron chi connectivity index (χ2n) is 5.57. The van der Waals surface area contributed by atoms with Gasteiger partial charge in [0.2, 0.25) is 5.91 Å². The average Bonchev–Trinajstić information content (AvgIpc) is 2.41. The summed E-state index contributed by atoms with van der Waals surface area (Å²) in [6.07, 6.45) is 5.98. The minimum atomic E-state index is -0.280. The lowest BCUT2D eigenvalue weighted by atomic mass is 9.80. The van der Waals surface area contributed by atoms with E-state index < -0.39 is 0 Å². The van der Waals surface area contributed by atoms with Crippen LogP contribution in [0.25, 0.3) is 0 Å². The molecule has 0 radical (unpaired) electrons. The molecular weight excluding hydrogens is 236 g/mol. The molecule has 0 atom stereocenters. The fourth-order valence-corrected chi connectivity index (χ4v) is 2.94. The Labute approximate surface area is 115 Å². The van der Waals surface area contributed by atoms with Gasteiger partial charge in [-0.15, -0.1) is 0 Å². The number of anilines is 1. The molecule has 1 fully saturated rings. The van der Waals surface area contributed by atoms with Crippen LogP contribution in [0.2, 0.25) is 0 Å². The standard InChI is InChI=1S/C16H24N2O/c1-2-18(14-9-5-3-6-10-14)15(19)13-16(17)11-7-4-8-12-16/h3,5-6,9-10H,2,4,7-8,11-13,17H2,1H3. The summed E-state index contributed by atoms with van der Waals surface area (Å²) in [5.74, 6) is 0.151. The summed E-state index contributed by atoms with van der Waals surface area (Å²) in [5.41, 5.74) is 7.07. The molecule has 2 N–H and O–H groups in total. The first-order valence-corrected chi connectivity index (χ1v) is 7.29. The number of benzene rings is 1. The summed E-state index contributed by atoms with van der Waals surface area (Å²) < 4.78 is 0. The molecule has 19 heavy (non-hydrogen) atoms. The number of nitrogens with two attached hydrogens (primary N) is 1. The van der Waals surface area contributed by atoms with Crippen LogP contribution >= 0.6 is 0 Å². The van der Waals surface area contributed by atoms with Crippen molar-refractivity contribution >= 4 is 11.6 Å². The van der Waals surface area contributed by atoms with Gasteiger partial charge in [0.15, 0.2) is 0 Å². The Balaban J connectivity index is 2.05. The largest absolute Gasteiger partial charge is 0.325 e. The van der Waals surface area contributed by atoms with Crippen molar-refractivity contribution in [3.8, 4) is 0 Å². The van der Waals surface area contributed by atoms with Crippen LogP contribution < -0.4 is 10.6 Å². The fourth-order valence-electron chi connectivity index (χ4n) is 2.94. The minimum absolute atomic E-state index is 0.151. The Morgan fingerprint density at radius 1 is 1.21 bits per heavy atom. The SMILES string of the molecule is CCN(C(=O)CC1(N)CCCCC1)c1ccccc1. The number of rotatable bonds is 4. The first-order chi connectivity index (χ1) is 9.14. The molecule has 0 spiro atoms. The van der Waals surface area contributed by atoms with E-state index in [9.17, 15) is 4.79 Å². The van der Waals surface area contributed by atoms with E-state index in [1.54, 1.807) is 0 Å². The van der Waals surface area contributed by atoms with Gasteiger partial charge in [-0.3, -0.25) is 4.79 Å². The summed E-state index contributed by atoms with van der Waals surface area (Å²) >= 11 is 0. The van der Waals surface area contributed by atoms with E-state index in [4.69, 9.17) is 5.73 Å². The fraction of sp³-hybridized carbons (Fsp3) is 0.562. The molecule has 2 rings (SSSR count). The normalized spacial score (nSPS) is 18.0. The predicted molar refractivity (Wildman–Crippen MR) is 79.1 cm³/mol. The monoisotopic (exact) mass is 260 g/mol. The zero-order chi connectivity index (χ0) is 13.7. The molecule has 0 heterocycles. The van der Waals surface area contributed by atoms with Crippen molar-refractivity contribution in [1.29, 1.82) is 0 Å². The van der Waals surface area contributed by atoms with Crippen molar-refractivity contribution in [3.63, 3.8) is 0 Å². The molecule has 0 unspecified atom stereocenters. The van der Waals surface area contributed by atoms with Crippen LogP contribution in [-0.4, -0.2) is 18.0 Å². The van der Waals surface area contributed by atoms with Gasteiger partial charge in [0.25, 0.3) is 0 Å². The van der Waals surface area contributed by atoms with Crippen LogP contribution in [0.1, 0.15) is 45.4 Å². The van der Waals surface area contributed by atoms with Crippen molar-refractivity contribution in [2.75, 3.05) is 11.4 Å². The van der Waals surface area contributed by atoms with Crippen molar-refractivity contribution in [2.24, 2.45) is 5.73 Å². The predicted octanol–water partition coefficient (Wildman–Crippen LogP) is 3.09. The summed E-state index contributed by atoms with van der Waals surface area (Å²) in [6, 6.07) is 9.85. The third-order valence-corrected chi connectivity index (χ3v) is 4.04. The first kappa shape index (κ1) is 14.1. The van der Waals surface area contributed by atoms with Crippen LogP contribution in [-0.2, 0) is 4.79 Å². The van der Waals surface area contributed by atoms with Gasteiger partial charge in [0.1, 0.15) is 0 Å². The van der Waals surface area contributed by atoms with Gasteiger partial charge in [-0.1, -0.05) is 37.5 Å². The summed E-state index contributed by atoms with van der Waals surface area (Å²) in [6.45, 7) is 2.70. The van der Waals surface area contributed by atoms with Crippen molar-refractivity contribution in [2.45, 2.75) is 51.0 Å². The number of nitrogens with zero attached hydrogens (tertiary/aromatic N) is 1. The molecule has 1 aromatic rings. The average molecular weight is 260 g/mol. The molecule has 0 bridgehead atoms. The zero-order valence-corrected chi connectivity index (χ0v) is 11.8. The third-order valence-electron chi connectivity index (χ3n) is 4.04. The molecule has 0 saturated heterocycles. The zero-order valence-electron chi connectivity index (χ0n) is 11.8. The number of hydrogen-bond donors (Lipinski definition) is 1. The maximum atomic E-state index is 12.5. The number of hydrogen-bond acceptors (Lipinski definition) is 2. The molecule has 1 aromatic carbocycles. The maximum Gasteiger partial charge on any atom is 0.228 e. The molecule has 3 heteroatoms. The lowest BCUT2D eigenvalue weighted by Gasteiger charge is -2.34. The molecule has 1 saturated carbocycles. The van der Waals surface area contributed by atoms with Gasteiger partial charge in [-0.25, -0.2) is 0 Å². The van der Waals surface area contributed by atoms with Gasteiger partial charge in [0, 0.05) is 24.2 Å². The minimum Gasteiger partial charge on any atom is -0.325 e. The van der Waals surface area contributed by atoms with Crippen LogP contribution in [0.3, 0.4) is 0 Å². The van der Waals surface area contributed by atoms with Gasteiger partial charge in [-0.05, 0) is 31.9 Å². The van der Waals surface area contributed by atoms with Gasteiger partial charge < -0.3 is 10.6 Å². The van der Waals surface area contributed by atoms with E-state index in [1.807, 2.05) is 42.2 Å². The van der Waals surface area contributed by atoms with E-state index in [2.05, 4.69) is 0 Å².